The number of aromatic nitrogens is 3. The fourth-order valence-electron chi connectivity index (χ4n) is 2.85. The van der Waals surface area contributed by atoms with Crippen LogP contribution in [0.15, 0.2) is 27.9 Å². The second-order valence-corrected chi connectivity index (χ2v) is 7.00. The van der Waals surface area contributed by atoms with Crippen LogP contribution in [0.25, 0.3) is 0 Å². The van der Waals surface area contributed by atoms with Crippen molar-refractivity contribution >= 4 is 17.4 Å². The molecule has 0 atom stereocenters. The zero-order chi connectivity index (χ0) is 22.3. The largest absolute Gasteiger partial charge is 0.475 e. The van der Waals surface area contributed by atoms with Gasteiger partial charge in [0.15, 0.2) is 5.69 Å². The lowest BCUT2D eigenvalue weighted by atomic mass is 10.2. The van der Waals surface area contributed by atoms with Crippen molar-refractivity contribution < 1.29 is 14.3 Å². The summed E-state index contributed by atoms with van der Waals surface area (Å²) in [7, 11) is 1.48. The molecule has 0 aliphatic heterocycles. The standard InChI is InChI=1S/C20H29N5O5/c1-5-6-9-25-17(21)16(18(26)23-20(25)28)24(10-11-29-4)19(27)14-7-8-15(22-12-14)30-13(2)3/h7-8,12-13H,5-6,9-11,21H2,1-4H3,(H,23,26,28). The summed E-state index contributed by atoms with van der Waals surface area (Å²) in [6, 6.07) is 3.14. The maximum absolute atomic E-state index is 13.2. The summed E-state index contributed by atoms with van der Waals surface area (Å²) >= 11 is 0. The SMILES string of the molecule is CCCCn1c(N)c(N(CCOC)C(=O)c2ccc(OC(C)C)nc2)c(=O)[nH]c1=O. The molecule has 0 unspecified atom stereocenters. The zero-order valence-electron chi connectivity index (χ0n) is 17.8. The quantitative estimate of drug-likeness (QED) is 0.595. The summed E-state index contributed by atoms with van der Waals surface area (Å²) in [6.45, 7) is 6.28. The van der Waals surface area contributed by atoms with Crippen LogP contribution in [-0.4, -0.2) is 46.8 Å². The maximum Gasteiger partial charge on any atom is 0.330 e. The molecule has 0 radical (unpaired) electrons. The van der Waals surface area contributed by atoms with Gasteiger partial charge in [-0.1, -0.05) is 13.3 Å². The first kappa shape index (κ1) is 23.1. The lowest BCUT2D eigenvalue weighted by molar-refractivity contribution is 0.0975. The first-order valence-corrected chi connectivity index (χ1v) is 9.86. The van der Waals surface area contributed by atoms with Crippen LogP contribution in [0.2, 0.25) is 0 Å². The van der Waals surface area contributed by atoms with E-state index in [0.29, 0.717) is 18.8 Å². The monoisotopic (exact) mass is 419 g/mol. The molecule has 30 heavy (non-hydrogen) atoms. The van der Waals surface area contributed by atoms with Crippen molar-refractivity contribution in [2.75, 3.05) is 30.9 Å². The fraction of sp³-hybridized carbons (Fsp3) is 0.500. The summed E-state index contributed by atoms with van der Waals surface area (Å²) in [6.07, 6.45) is 2.85. The number of carbonyl (C=O) groups is 1. The van der Waals surface area contributed by atoms with E-state index in [9.17, 15) is 14.4 Å². The van der Waals surface area contributed by atoms with Gasteiger partial charge < -0.3 is 15.2 Å². The van der Waals surface area contributed by atoms with E-state index < -0.39 is 17.2 Å². The fourth-order valence-corrected chi connectivity index (χ4v) is 2.85. The van der Waals surface area contributed by atoms with Crippen LogP contribution in [0, 0.1) is 0 Å². The molecule has 2 heterocycles. The number of nitrogens with zero attached hydrogens (tertiary/aromatic N) is 3. The smallest absolute Gasteiger partial charge is 0.330 e. The summed E-state index contributed by atoms with van der Waals surface area (Å²) in [5.74, 6) is -0.168. The lowest BCUT2D eigenvalue weighted by Crippen LogP contribution is -2.42. The van der Waals surface area contributed by atoms with Crippen molar-refractivity contribution in [3.05, 3.63) is 44.7 Å². The number of hydrogen-bond donors (Lipinski definition) is 2. The van der Waals surface area contributed by atoms with Crippen molar-refractivity contribution in [2.24, 2.45) is 0 Å². The van der Waals surface area contributed by atoms with Gasteiger partial charge in [-0.25, -0.2) is 9.78 Å². The Morgan fingerprint density at radius 2 is 2.07 bits per heavy atom. The Balaban J connectivity index is 2.48. The molecule has 10 nitrogen and oxygen atoms in total. The Morgan fingerprint density at radius 1 is 1.33 bits per heavy atom. The minimum absolute atomic E-state index is 0.0558. The molecule has 3 N–H and O–H groups in total. The Hall–Kier alpha value is -3.14. The number of amides is 1. The van der Waals surface area contributed by atoms with Crippen molar-refractivity contribution in [3.8, 4) is 5.88 Å². The molecule has 0 bridgehead atoms. The lowest BCUT2D eigenvalue weighted by Gasteiger charge is -2.24. The van der Waals surface area contributed by atoms with Crippen molar-refractivity contribution in [1.82, 2.24) is 14.5 Å². The molecule has 2 aromatic rings. The molecule has 1 amide bonds. The molecular weight excluding hydrogens is 390 g/mol. The number of pyridine rings is 1. The van der Waals surface area contributed by atoms with E-state index in [1.54, 1.807) is 12.1 Å². The first-order valence-electron chi connectivity index (χ1n) is 9.86. The van der Waals surface area contributed by atoms with Crippen molar-refractivity contribution in [3.63, 3.8) is 0 Å². The van der Waals surface area contributed by atoms with Crippen LogP contribution in [0.1, 0.15) is 44.0 Å². The Bertz CT molecular complexity index is 965. The van der Waals surface area contributed by atoms with E-state index in [2.05, 4.69) is 9.97 Å². The number of H-pyrrole nitrogens is 1. The molecule has 10 heteroatoms. The average molecular weight is 419 g/mol. The number of nitrogens with two attached hydrogens (primary N) is 1. The van der Waals surface area contributed by atoms with Gasteiger partial charge in [0.1, 0.15) is 5.82 Å². The highest BCUT2D eigenvalue weighted by Crippen LogP contribution is 2.20. The third kappa shape index (κ3) is 5.47. The molecule has 0 saturated carbocycles. The van der Waals surface area contributed by atoms with Gasteiger partial charge in [0.25, 0.3) is 11.5 Å². The van der Waals surface area contributed by atoms with E-state index in [4.69, 9.17) is 15.2 Å². The summed E-state index contributed by atoms with van der Waals surface area (Å²) < 4.78 is 11.9. The molecule has 0 saturated heterocycles. The van der Waals surface area contributed by atoms with Crippen LogP contribution in [0.4, 0.5) is 11.5 Å². The van der Waals surface area contributed by atoms with Gasteiger partial charge in [-0.3, -0.25) is 24.0 Å². The molecule has 2 aromatic heterocycles. The van der Waals surface area contributed by atoms with E-state index >= 15 is 0 Å². The summed E-state index contributed by atoms with van der Waals surface area (Å²) in [5.41, 5.74) is 4.98. The van der Waals surface area contributed by atoms with Gasteiger partial charge in [0.05, 0.1) is 18.3 Å². The zero-order valence-corrected chi connectivity index (χ0v) is 17.8. The van der Waals surface area contributed by atoms with Gasteiger partial charge >= 0.3 is 5.69 Å². The molecule has 0 spiro atoms. The van der Waals surface area contributed by atoms with Crippen LogP contribution in [0.5, 0.6) is 5.88 Å². The second-order valence-electron chi connectivity index (χ2n) is 7.00. The molecule has 164 valence electrons. The van der Waals surface area contributed by atoms with Crippen LogP contribution in [-0.2, 0) is 11.3 Å². The molecule has 0 aromatic carbocycles. The third-order valence-electron chi connectivity index (χ3n) is 4.32. The third-order valence-corrected chi connectivity index (χ3v) is 4.32. The van der Waals surface area contributed by atoms with Crippen molar-refractivity contribution in [1.29, 1.82) is 0 Å². The minimum atomic E-state index is -0.734. The molecule has 2 rings (SSSR count). The Morgan fingerprint density at radius 3 is 2.63 bits per heavy atom. The number of ether oxygens (including phenoxy) is 2. The molecule has 0 aliphatic rings. The molecule has 0 aliphatic carbocycles. The van der Waals surface area contributed by atoms with Crippen molar-refractivity contribution in [2.45, 2.75) is 46.3 Å². The normalized spacial score (nSPS) is 11.0. The van der Waals surface area contributed by atoms with Crippen LogP contribution in [0.3, 0.4) is 0 Å². The number of aromatic amines is 1. The summed E-state index contributed by atoms with van der Waals surface area (Å²) in [4.78, 5) is 45.6. The maximum atomic E-state index is 13.2. The number of rotatable bonds is 10. The van der Waals surface area contributed by atoms with Crippen LogP contribution >= 0.6 is 0 Å². The van der Waals surface area contributed by atoms with E-state index in [1.165, 1.54) is 22.8 Å². The summed E-state index contributed by atoms with van der Waals surface area (Å²) in [5, 5.41) is 0. The van der Waals surface area contributed by atoms with Crippen LogP contribution < -0.4 is 26.6 Å². The molecular formula is C20H29N5O5. The van der Waals surface area contributed by atoms with Gasteiger partial charge in [-0.05, 0) is 26.3 Å². The van der Waals surface area contributed by atoms with Gasteiger partial charge in [0, 0.05) is 32.5 Å². The Labute approximate surface area is 174 Å². The number of carbonyl (C=O) groups excluding carboxylic acids is 1. The predicted molar refractivity (Wildman–Crippen MR) is 114 cm³/mol. The predicted octanol–water partition coefficient (Wildman–Crippen LogP) is 1.39. The average Bonchev–Trinajstić information content (AvgIpc) is 2.69. The number of hydrogen-bond acceptors (Lipinski definition) is 7. The van der Waals surface area contributed by atoms with Gasteiger partial charge in [-0.15, -0.1) is 0 Å². The highest BCUT2D eigenvalue weighted by atomic mass is 16.5. The topological polar surface area (TPSA) is 133 Å². The molecule has 0 fully saturated rings. The minimum Gasteiger partial charge on any atom is -0.475 e. The number of nitrogen functional groups attached to an aromatic ring is 1. The number of anilines is 2. The number of nitrogens with one attached hydrogen (secondary N) is 1. The number of unbranched alkanes of at least 4 members (excludes halogenated alkanes) is 1. The van der Waals surface area contributed by atoms with E-state index in [0.717, 1.165) is 6.42 Å². The highest BCUT2D eigenvalue weighted by molar-refractivity contribution is 6.07. The highest BCUT2D eigenvalue weighted by Gasteiger charge is 2.25. The van der Waals surface area contributed by atoms with E-state index in [1.807, 2.05) is 20.8 Å². The van der Waals surface area contributed by atoms with Gasteiger partial charge in [0.2, 0.25) is 5.88 Å². The Kier molecular flexibility index (Phi) is 8.16. The van der Waals surface area contributed by atoms with E-state index in [-0.39, 0.29) is 36.3 Å². The van der Waals surface area contributed by atoms with Gasteiger partial charge in [-0.2, -0.15) is 0 Å². The second kappa shape index (κ2) is 10.6. The number of methoxy groups -OCH3 is 1. The first-order chi connectivity index (χ1) is 14.3.